The number of anilines is 2. The van der Waals surface area contributed by atoms with Gasteiger partial charge in [-0.3, -0.25) is 4.79 Å². The van der Waals surface area contributed by atoms with Crippen molar-refractivity contribution < 1.29 is 4.79 Å². The zero-order valence-electron chi connectivity index (χ0n) is 12.6. The van der Waals surface area contributed by atoms with Crippen LogP contribution in [0, 0.1) is 5.92 Å². The van der Waals surface area contributed by atoms with Crippen LogP contribution in [0.25, 0.3) is 0 Å². The molecule has 22 heavy (non-hydrogen) atoms. The van der Waals surface area contributed by atoms with Crippen LogP contribution < -0.4 is 10.6 Å². The lowest BCUT2D eigenvalue weighted by atomic mass is 10.1. The van der Waals surface area contributed by atoms with Crippen LogP contribution >= 0.6 is 0 Å². The Morgan fingerprint density at radius 1 is 1.14 bits per heavy atom. The lowest BCUT2D eigenvalue weighted by Crippen LogP contribution is -2.13. The highest BCUT2D eigenvalue weighted by atomic mass is 16.2. The van der Waals surface area contributed by atoms with E-state index in [9.17, 15) is 4.79 Å². The summed E-state index contributed by atoms with van der Waals surface area (Å²) >= 11 is 0. The maximum Gasteiger partial charge on any atom is 0.227 e. The molecule has 0 unspecified atom stereocenters. The Morgan fingerprint density at radius 2 is 1.95 bits per heavy atom. The summed E-state index contributed by atoms with van der Waals surface area (Å²) < 4.78 is 0. The second kappa shape index (κ2) is 7.07. The van der Waals surface area contributed by atoms with Crippen LogP contribution in [0.4, 0.5) is 11.5 Å². The Labute approximate surface area is 131 Å². The number of aryl methyl sites for hydroxylation is 1. The molecule has 1 aromatic heterocycles. The van der Waals surface area contributed by atoms with E-state index in [1.807, 2.05) is 18.2 Å². The first kappa shape index (κ1) is 14.6. The number of pyridine rings is 1. The monoisotopic (exact) mass is 295 g/mol. The molecule has 4 heteroatoms. The van der Waals surface area contributed by atoms with E-state index in [0.717, 1.165) is 43.7 Å². The summed E-state index contributed by atoms with van der Waals surface area (Å²) in [6.45, 7) is 0.885. The molecule has 1 amide bonds. The van der Waals surface area contributed by atoms with E-state index < -0.39 is 0 Å². The Kier molecular flexibility index (Phi) is 4.68. The number of aromatic nitrogens is 1. The highest BCUT2D eigenvalue weighted by Crippen LogP contribution is 2.30. The van der Waals surface area contributed by atoms with Crippen molar-refractivity contribution in [2.24, 2.45) is 5.92 Å². The summed E-state index contributed by atoms with van der Waals surface area (Å²) in [5.41, 5.74) is 2.13. The number of hydrogen-bond acceptors (Lipinski definition) is 3. The van der Waals surface area contributed by atoms with Gasteiger partial charge in [0.05, 0.1) is 11.9 Å². The van der Waals surface area contributed by atoms with Gasteiger partial charge >= 0.3 is 0 Å². The third-order valence-electron chi connectivity index (χ3n) is 3.77. The van der Waals surface area contributed by atoms with Gasteiger partial charge in [0.2, 0.25) is 5.91 Å². The van der Waals surface area contributed by atoms with E-state index in [4.69, 9.17) is 0 Å². The number of benzene rings is 1. The second-order valence-corrected chi connectivity index (χ2v) is 5.71. The van der Waals surface area contributed by atoms with E-state index in [1.165, 1.54) is 5.56 Å². The van der Waals surface area contributed by atoms with Crippen LogP contribution in [0.5, 0.6) is 0 Å². The van der Waals surface area contributed by atoms with E-state index in [2.05, 4.69) is 39.9 Å². The molecule has 0 atom stereocenters. The van der Waals surface area contributed by atoms with Crippen molar-refractivity contribution in [3.8, 4) is 0 Å². The molecule has 1 aromatic carbocycles. The summed E-state index contributed by atoms with van der Waals surface area (Å²) in [6, 6.07) is 14.3. The topological polar surface area (TPSA) is 54.0 Å². The van der Waals surface area contributed by atoms with Crippen molar-refractivity contribution in [3.05, 3.63) is 54.2 Å². The highest BCUT2D eigenvalue weighted by molar-refractivity contribution is 5.93. The quantitative estimate of drug-likeness (QED) is 0.769. The average molecular weight is 295 g/mol. The molecule has 0 spiro atoms. The summed E-state index contributed by atoms with van der Waals surface area (Å²) in [7, 11) is 0. The van der Waals surface area contributed by atoms with Gasteiger partial charge in [-0.25, -0.2) is 4.98 Å². The molecule has 1 aliphatic rings. The minimum absolute atomic E-state index is 0.116. The molecule has 0 radical (unpaired) electrons. The fourth-order valence-corrected chi connectivity index (χ4v) is 2.32. The second-order valence-electron chi connectivity index (χ2n) is 5.71. The molecule has 3 rings (SSSR count). The highest BCUT2D eigenvalue weighted by Gasteiger charge is 2.29. The molecular weight excluding hydrogens is 274 g/mol. The van der Waals surface area contributed by atoms with E-state index in [0.29, 0.717) is 0 Å². The molecule has 2 aromatic rings. The summed E-state index contributed by atoms with van der Waals surface area (Å²) in [5, 5.41) is 6.20. The van der Waals surface area contributed by atoms with Gasteiger partial charge in [0, 0.05) is 12.5 Å². The van der Waals surface area contributed by atoms with Crippen LogP contribution in [-0.2, 0) is 11.2 Å². The van der Waals surface area contributed by atoms with Gasteiger partial charge in [0.15, 0.2) is 0 Å². The number of amides is 1. The molecule has 1 fully saturated rings. The van der Waals surface area contributed by atoms with Gasteiger partial charge in [-0.15, -0.1) is 0 Å². The van der Waals surface area contributed by atoms with Gasteiger partial charge in [0.1, 0.15) is 5.82 Å². The van der Waals surface area contributed by atoms with E-state index in [1.54, 1.807) is 6.20 Å². The van der Waals surface area contributed by atoms with Crippen molar-refractivity contribution in [1.82, 2.24) is 4.98 Å². The minimum Gasteiger partial charge on any atom is -0.370 e. The predicted octanol–water partition coefficient (Wildman–Crippen LogP) is 3.47. The van der Waals surface area contributed by atoms with Gasteiger partial charge in [-0.05, 0) is 43.4 Å². The fourth-order valence-electron chi connectivity index (χ4n) is 2.32. The zero-order chi connectivity index (χ0) is 15.2. The SMILES string of the molecule is O=C(Nc1ccc(NCCCc2ccccc2)nc1)C1CC1. The van der Waals surface area contributed by atoms with Crippen molar-refractivity contribution >= 4 is 17.4 Å². The summed E-state index contributed by atoms with van der Waals surface area (Å²) in [5.74, 6) is 1.18. The van der Waals surface area contributed by atoms with Crippen LogP contribution in [0.15, 0.2) is 48.7 Å². The lowest BCUT2D eigenvalue weighted by Gasteiger charge is -2.07. The van der Waals surface area contributed by atoms with E-state index in [-0.39, 0.29) is 11.8 Å². The lowest BCUT2D eigenvalue weighted by molar-refractivity contribution is -0.117. The van der Waals surface area contributed by atoms with Crippen molar-refractivity contribution in [3.63, 3.8) is 0 Å². The molecule has 1 aliphatic carbocycles. The first-order valence-electron chi connectivity index (χ1n) is 7.86. The largest absolute Gasteiger partial charge is 0.370 e. The van der Waals surface area contributed by atoms with Crippen molar-refractivity contribution in [2.75, 3.05) is 17.2 Å². The normalized spacial score (nSPS) is 13.6. The van der Waals surface area contributed by atoms with Gasteiger partial charge < -0.3 is 10.6 Å². The van der Waals surface area contributed by atoms with Crippen LogP contribution in [0.1, 0.15) is 24.8 Å². The smallest absolute Gasteiger partial charge is 0.227 e. The van der Waals surface area contributed by atoms with Crippen LogP contribution in [-0.4, -0.2) is 17.4 Å². The Balaban J connectivity index is 1.40. The molecule has 1 saturated carbocycles. The van der Waals surface area contributed by atoms with Crippen molar-refractivity contribution in [1.29, 1.82) is 0 Å². The number of nitrogens with zero attached hydrogens (tertiary/aromatic N) is 1. The first-order valence-corrected chi connectivity index (χ1v) is 7.86. The fraction of sp³-hybridized carbons (Fsp3) is 0.333. The number of carbonyl (C=O) groups excluding carboxylic acids is 1. The summed E-state index contributed by atoms with van der Waals surface area (Å²) in [4.78, 5) is 16.0. The molecule has 0 aliphatic heterocycles. The summed E-state index contributed by atoms with van der Waals surface area (Å²) in [6.07, 6.45) is 5.86. The van der Waals surface area contributed by atoms with Crippen LogP contribution in [0.3, 0.4) is 0 Å². The average Bonchev–Trinajstić information content (AvgIpc) is 3.39. The number of carbonyl (C=O) groups is 1. The maximum absolute atomic E-state index is 11.7. The van der Waals surface area contributed by atoms with Crippen LogP contribution in [0.2, 0.25) is 0 Å². The molecule has 1 heterocycles. The first-order chi connectivity index (χ1) is 10.8. The molecule has 0 bridgehead atoms. The minimum atomic E-state index is 0.116. The van der Waals surface area contributed by atoms with Crippen molar-refractivity contribution in [2.45, 2.75) is 25.7 Å². The molecule has 2 N–H and O–H groups in total. The third kappa shape index (κ3) is 4.32. The number of hydrogen-bond donors (Lipinski definition) is 2. The van der Waals surface area contributed by atoms with E-state index >= 15 is 0 Å². The number of nitrogens with one attached hydrogen (secondary N) is 2. The Bertz CT molecular complexity index is 606. The Hall–Kier alpha value is -2.36. The maximum atomic E-state index is 11.7. The predicted molar refractivity (Wildman–Crippen MR) is 88.8 cm³/mol. The molecule has 0 saturated heterocycles. The molecule has 114 valence electrons. The molecule has 4 nitrogen and oxygen atoms in total. The van der Waals surface area contributed by atoms with Gasteiger partial charge in [-0.2, -0.15) is 0 Å². The van der Waals surface area contributed by atoms with Gasteiger partial charge in [-0.1, -0.05) is 30.3 Å². The standard InChI is InChI=1S/C18H21N3O/c22-18(15-8-9-15)21-16-10-11-17(20-13-16)19-12-4-7-14-5-2-1-3-6-14/h1-3,5-6,10-11,13,15H,4,7-9,12H2,(H,19,20)(H,21,22). The zero-order valence-corrected chi connectivity index (χ0v) is 12.6. The van der Waals surface area contributed by atoms with Gasteiger partial charge in [0.25, 0.3) is 0 Å². The molecular formula is C18H21N3O. The number of rotatable bonds is 7. The Morgan fingerprint density at radius 3 is 2.64 bits per heavy atom. The third-order valence-corrected chi connectivity index (χ3v) is 3.77.